The van der Waals surface area contributed by atoms with Crippen LogP contribution in [0.3, 0.4) is 0 Å². The molecule has 0 saturated heterocycles. The number of anilines is 3. The number of rotatable bonds is 3. The molecule has 154 valence electrons. The first-order valence-electron chi connectivity index (χ1n) is 11.2. The van der Waals surface area contributed by atoms with E-state index in [1.54, 1.807) is 0 Å². The normalized spacial score (nSPS) is 11.6. The SMILES string of the molecule is c1ccc(N(c2ccccc2)c2ccc3nc4c(cc3c2)-c2cccc3cccc-4c23)cc1. The van der Waals surface area contributed by atoms with Crippen molar-refractivity contribution in [1.82, 2.24) is 4.98 Å². The third-order valence-electron chi connectivity index (χ3n) is 6.54. The van der Waals surface area contributed by atoms with E-state index < -0.39 is 0 Å². The molecule has 0 spiro atoms. The molecule has 0 saturated carbocycles. The van der Waals surface area contributed by atoms with E-state index in [9.17, 15) is 0 Å². The molecule has 1 aliphatic rings. The van der Waals surface area contributed by atoms with E-state index in [0.717, 1.165) is 33.7 Å². The molecule has 0 bridgehead atoms. The second-order valence-corrected chi connectivity index (χ2v) is 8.48. The second-order valence-electron chi connectivity index (χ2n) is 8.48. The van der Waals surface area contributed by atoms with Crippen LogP contribution in [-0.4, -0.2) is 4.98 Å². The van der Waals surface area contributed by atoms with E-state index >= 15 is 0 Å². The maximum absolute atomic E-state index is 5.12. The Kier molecular flexibility index (Phi) is 3.88. The van der Waals surface area contributed by atoms with Crippen LogP contribution >= 0.6 is 0 Å². The lowest BCUT2D eigenvalue weighted by Gasteiger charge is -2.25. The summed E-state index contributed by atoms with van der Waals surface area (Å²) in [4.78, 5) is 7.42. The van der Waals surface area contributed by atoms with Crippen molar-refractivity contribution in [2.45, 2.75) is 0 Å². The molecule has 1 heterocycles. The molecular formula is C31H20N2. The third kappa shape index (κ3) is 2.78. The predicted octanol–water partition coefficient (Wildman–Crippen LogP) is 8.51. The van der Waals surface area contributed by atoms with E-state index in [4.69, 9.17) is 4.98 Å². The van der Waals surface area contributed by atoms with E-state index in [0.29, 0.717) is 0 Å². The molecule has 0 fully saturated rings. The zero-order valence-electron chi connectivity index (χ0n) is 17.9. The predicted molar refractivity (Wildman–Crippen MR) is 138 cm³/mol. The Bertz CT molecular complexity index is 1610. The molecule has 6 aromatic rings. The highest BCUT2D eigenvalue weighted by molar-refractivity contribution is 6.15. The van der Waals surface area contributed by atoms with E-state index in [1.807, 2.05) is 0 Å². The molecule has 7 rings (SSSR count). The number of hydrogen-bond donors (Lipinski definition) is 0. The average Bonchev–Trinajstić information content (AvgIpc) is 3.19. The van der Waals surface area contributed by atoms with Gasteiger partial charge in [-0.2, -0.15) is 0 Å². The van der Waals surface area contributed by atoms with Gasteiger partial charge in [0.05, 0.1) is 11.2 Å². The first-order valence-corrected chi connectivity index (χ1v) is 11.2. The smallest absolute Gasteiger partial charge is 0.0794 e. The minimum Gasteiger partial charge on any atom is -0.310 e. The standard InChI is InChI=1S/C31H20N2/c1-3-11-23(12-4-1)33(24-13-5-2-6-14-24)25-17-18-29-22(19-25)20-28-26-15-7-9-21-10-8-16-27(30(21)26)31(28)32-29/h1-20H. The van der Waals surface area contributed by atoms with Crippen LogP contribution in [0.2, 0.25) is 0 Å². The molecule has 0 unspecified atom stereocenters. The van der Waals surface area contributed by atoms with Gasteiger partial charge in [0.1, 0.15) is 0 Å². The molecule has 0 atom stereocenters. The highest BCUT2D eigenvalue weighted by atomic mass is 15.1. The molecule has 0 amide bonds. The highest BCUT2D eigenvalue weighted by Gasteiger charge is 2.23. The van der Waals surface area contributed by atoms with Crippen LogP contribution in [0.1, 0.15) is 0 Å². The largest absolute Gasteiger partial charge is 0.310 e. The number of aromatic nitrogens is 1. The van der Waals surface area contributed by atoms with Gasteiger partial charge in [-0.1, -0.05) is 72.8 Å². The molecule has 2 nitrogen and oxygen atoms in total. The fourth-order valence-corrected chi connectivity index (χ4v) is 5.08. The van der Waals surface area contributed by atoms with Gasteiger partial charge in [0.15, 0.2) is 0 Å². The first-order chi connectivity index (χ1) is 16.4. The van der Waals surface area contributed by atoms with E-state index in [1.165, 1.54) is 27.5 Å². The van der Waals surface area contributed by atoms with Crippen LogP contribution in [0.4, 0.5) is 17.1 Å². The number of nitrogens with zero attached hydrogens (tertiary/aromatic N) is 2. The molecular weight excluding hydrogens is 400 g/mol. The fraction of sp³-hybridized carbons (Fsp3) is 0. The van der Waals surface area contributed by atoms with Crippen LogP contribution in [0.25, 0.3) is 44.1 Å². The molecule has 0 N–H and O–H groups in total. The number of hydrogen-bond acceptors (Lipinski definition) is 2. The van der Waals surface area contributed by atoms with Crippen molar-refractivity contribution >= 4 is 38.7 Å². The quantitative estimate of drug-likeness (QED) is 0.285. The number of pyridine rings is 1. The second kappa shape index (κ2) is 7.04. The molecule has 2 heteroatoms. The summed E-state index contributed by atoms with van der Waals surface area (Å²) in [6, 6.07) is 43.0. The van der Waals surface area contributed by atoms with Crippen molar-refractivity contribution in [3.8, 4) is 22.4 Å². The monoisotopic (exact) mass is 420 g/mol. The van der Waals surface area contributed by atoms with Crippen LogP contribution in [0.15, 0.2) is 121 Å². The Morgan fingerprint density at radius 3 is 1.82 bits per heavy atom. The molecule has 1 aliphatic carbocycles. The summed E-state index contributed by atoms with van der Waals surface area (Å²) in [6.45, 7) is 0. The van der Waals surface area contributed by atoms with Crippen LogP contribution in [0, 0.1) is 0 Å². The van der Waals surface area contributed by atoms with Gasteiger partial charge >= 0.3 is 0 Å². The van der Waals surface area contributed by atoms with Crippen molar-refractivity contribution in [2.24, 2.45) is 0 Å². The third-order valence-corrected chi connectivity index (χ3v) is 6.54. The van der Waals surface area contributed by atoms with Gasteiger partial charge in [-0.15, -0.1) is 0 Å². The summed E-state index contributed by atoms with van der Waals surface area (Å²) in [7, 11) is 0. The van der Waals surface area contributed by atoms with Gasteiger partial charge in [-0.05, 0) is 64.9 Å². The maximum Gasteiger partial charge on any atom is 0.0794 e. The molecule has 1 aromatic heterocycles. The van der Waals surface area contributed by atoms with Gasteiger partial charge in [0.25, 0.3) is 0 Å². The summed E-state index contributed by atoms with van der Waals surface area (Å²) >= 11 is 0. The maximum atomic E-state index is 5.12. The van der Waals surface area contributed by atoms with Crippen molar-refractivity contribution in [1.29, 1.82) is 0 Å². The summed E-state index contributed by atoms with van der Waals surface area (Å²) in [5, 5.41) is 3.73. The van der Waals surface area contributed by atoms with Crippen molar-refractivity contribution in [3.05, 3.63) is 121 Å². The summed E-state index contributed by atoms with van der Waals surface area (Å²) in [6.07, 6.45) is 0. The topological polar surface area (TPSA) is 16.1 Å². The first kappa shape index (κ1) is 18.2. The molecule has 0 radical (unpaired) electrons. The van der Waals surface area contributed by atoms with Crippen molar-refractivity contribution < 1.29 is 0 Å². The van der Waals surface area contributed by atoms with E-state index in [2.05, 4.69) is 126 Å². The molecule has 0 aliphatic heterocycles. The summed E-state index contributed by atoms with van der Waals surface area (Å²) in [5.41, 5.74) is 9.23. The van der Waals surface area contributed by atoms with Crippen LogP contribution in [0.5, 0.6) is 0 Å². The van der Waals surface area contributed by atoms with E-state index in [-0.39, 0.29) is 0 Å². The van der Waals surface area contributed by atoms with Crippen LogP contribution < -0.4 is 4.90 Å². The number of fused-ring (bicyclic) bond motifs is 4. The lowest BCUT2D eigenvalue weighted by Crippen LogP contribution is -2.09. The van der Waals surface area contributed by atoms with Gasteiger partial charge in [0.2, 0.25) is 0 Å². The Balaban J connectivity index is 1.44. The Morgan fingerprint density at radius 1 is 0.455 bits per heavy atom. The average molecular weight is 421 g/mol. The lowest BCUT2D eigenvalue weighted by molar-refractivity contribution is 1.28. The van der Waals surface area contributed by atoms with Crippen LogP contribution in [-0.2, 0) is 0 Å². The van der Waals surface area contributed by atoms with Crippen molar-refractivity contribution in [2.75, 3.05) is 4.90 Å². The van der Waals surface area contributed by atoms with Gasteiger partial charge in [-0.25, -0.2) is 4.98 Å². The highest BCUT2D eigenvalue weighted by Crippen LogP contribution is 2.47. The minimum absolute atomic E-state index is 1.02. The minimum atomic E-state index is 1.02. The fourth-order valence-electron chi connectivity index (χ4n) is 5.08. The van der Waals surface area contributed by atoms with Gasteiger partial charge in [-0.3, -0.25) is 0 Å². The number of para-hydroxylation sites is 2. The lowest BCUT2D eigenvalue weighted by atomic mass is 10.0. The number of benzene rings is 5. The van der Waals surface area contributed by atoms with Gasteiger partial charge < -0.3 is 4.90 Å². The molecule has 5 aromatic carbocycles. The Labute approximate surface area is 192 Å². The Morgan fingerprint density at radius 2 is 1.12 bits per heavy atom. The molecule has 33 heavy (non-hydrogen) atoms. The Hall–Kier alpha value is -4.43. The zero-order chi connectivity index (χ0) is 21.8. The van der Waals surface area contributed by atoms with Crippen molar-refractivity contribution in [3.63, 3.8) is 0 Å². The zero-order valence-corrected chi connectivity index (χ0v) is 17.9. The van der Waals surface area contributed by atoms with Gasteiger partial charge in [0, 0.05) is 33.6 Å². The summed E-state index contributed by atoms with van der Waals surface area (Å²) in [5.74, 6) is 0. The summed E-state index contributed by atoms with van der Waals surface area (Å²) < 4.78 is 0.